The molecule has 0 radical (unpaired) electrons. The van der Waals surface area contributed by atoms with Crippen LogP contribution in [-0.4, -0.2) is 35.0 Å². The summed E-state index contributed by atoms with van der Waals surface area (Å²) in [6, 6.07) is 7.31. The molecule has 1 aromatic carbocycles. The predicted octanol–water partition coefficient (Wildman–Crippen LogP) is 4.48. The van der Waals surface area contributed by atoms with E-state index in [0.29, 0.717) is 11.0 Å². The van der Waals surface area contributed by atoms with Crippen LogP contribution in [0.15, 0.2) is 40.9 Å². The standard InChI is InChI=1S/C16H11ClF3N7S2/c1-26-14(12-3-2-6-28-12)22-23-15(26)29-8-13-21-24-25-27(13)11-5-4-9(17)7-10(11)16(18,19)20/h2-7H,8H2,1H3. The van der Waals surface area contributed by atoms with Crippen LogP contribution in [0.2, 0.25) is 5.02 Å². The SMILES string of the molecule is Cn1c(SCc2nnnn2-c2ccc(Cl)cc2C(F)(F)F)nnc1-c1cccs1. The normalized spacial score (nSPS) is 11.9. The first-order valence-electron chi connectivity index (χ1n) is 8.05. The third-order valence-electron chi connectivity index (χ3n) is 3.93. The van der Waals surface area contributed by atoms with Crippen molar-refractivity contribution in [1.29, 1.82) is 0 Å². The number of thioether (sulfide) groups is 1. The van der Waals surface area contributed by atoms with Crippen molar-refractivity contribution in [3.8, 4) is 16.4 Å². The first-order chi connectivity index (χ1) is 13.8. The topological polar surface area (TPSA) is 74.3 Å². The molecule has 4 rings (SSSR count). The van der Waals surface area contributed by atoms with Crippen LogP contribution in [0.25, 0.3) is 16.4 Å². The Balaban J connectivity index is 1.61. The first kappa shape index (κ1) is 19.9. The molecule has 0 aliphatic heterocycles. The van der Waals surface area contributed by atoms with E-state index in [1.807, 2.05) is 29.1 Å². The number of hydrogen-bond donors (Lipinski definition) is 0. The molecule has 7 nitrogen and oxygen atoms in total. The Kier molecular flexibility index (Phi) is 5.32. The highest BCUT2D eigenvalue weighted by atomic mass is 35.5. The predicted molar refractivity (Wildman–Crippen MR) is 103 cm³/mol. The Hall–Kier alpha value is -2.44. The summed E-state index contributed by atoms with van der Waals surface area (Å²) in [5.41, 5.74) is -1.11. The van der Waals surface area contributed by atoms with E-state index in [9.17, 15) is 13.2 Å². The van der Waals surface area contributed by atoms with Crippen molar-refractivity contribution in [3.05, 3.63) is 52.1 Å². The van der Waals surface area contributed by atoms with Gasteiger partial charge in [-0.2, -0.15) is 17.9 Å². The van der Waals surface area contributed by atoms with Gasteiger partial charge in [-0.15, -0.1) is 26.6 Å². The highest BCUT2D eigenvalue weighted by molar-refractivity contribution is 7.98. The van der Waals surface area contributed by atoms with Crippen LogP contribution in [0.4, 0.5) is 13.2 Å². The number of hydrogen-bond acceptors (Lipinski definition) is 7. The third-order valence-corrected chi connectivity index (χ3v) is 6.05. The number of tetrazole rings is 1. The lowest BCUT2D eigenvalue weighted by molar-refractivity contribution is -0.137. The lowest BCUT2D eigenvalue weighted by atomic mass is 10.1. The number of halogens is 4. The lowest BCUT2D eigenvalue weighted by Crippen LogP contribution is -2.13. The molecule has 0 atom stereocenters. The smallest absolute Gasteiger partial charge is 0.304 e. The molecule has 150 valence electrons. The fourth-order valence-corrected chi connectivity index (χ4v) is 4.33. The van der Waals surface area contributed by atoms with Gasteiger partial charge >= 0.3 is 6.18 Å². The summed E-state index contributed by atoms with van der Waals surface area (Å²) in [5.74, 6) is 1.14. The fourth-order valence-electron chi connectivity index (χ4n) is 2.59. The van der Waals surface area contributed by atoms with E-state index < -0.39 is 11.7 Å². The Morgan fingerprint density at radius 2 is 2.00 bits per heavy atom. The number of thiophene rings is 1. The molecule has 3 heterocycles. The molecular formula is C16H11ClF3N7S2. The minimum atomic E-state index is -4.60. The average molecular weight is 458 g/mol. The second-order valence-electron chi connectivity index (χ2n) is 5.80. The Bertz CT molecular complexity index is 1140. The van der Waals surface area contributed by atoms with Gasteiger partial charge in [-0.1, -0.05) is 29.4 Å². The van der Waals surface area contributed by atoms with Crippen molar-refractivity contribution < 1.29 is 13.2 Å². The van der Waals surface area contributed by atoms with E-state index in [1.54, 1.807) is 0 Å². The van der Waals surface area contributed by atoms with Crippen LogP contribution >= 0.6 is 34.7 Å². The minimum Gasteiger partial charge on any atom is -0.304 e. The Morgan fingerprint density at radius 3 is 2.72 bits per heavy atom. The molecule has 0 aliphatic rings. The van der Waals surface area contributed by atoms with Crippen molar-refractivity contribution in [2.24, 2.45) is 7.05 Å². The van der Waals surface area contributed by atoms with Crippen molar-refractivity contribution in [2.45, 2.75) is 17.1 Å². The van der Waals surface area contributed by atoms with Gasteiger partial charge in [0.25, 0.3) is 0 Å². The maximum absolute atomic E-state index is 13.4. The molecule has 0 saturated heterocycles. The summed E-state index contributed by atoms with van der Waals surface area (Å²) in [6.07, 6.45) is -4.60. The third kappa shape index (κ3) is 4.00. The summed E-state index contributed by atoms with van der Waals surface area (Å²) in [7, 11) is 1.82. The van der Waals surface area contributed by atoms with Crippen molar-refractivity contribution in [2.75, 3.05) is 0 Å². The van der Waals surface area contributed by atoms with Gasteiger partial charge in [0, 0.05) is 12.1 Å². The molecule has 0 unspecified atom stereocenters. The van der Waals surface area contributed by atoms with Crippen LogP contribution < -0.4 is 0 Å². The molecule has 0 aliphatic carbocycles. The molecule has 0 amide bonds. The monoisotopic (exact) mass is 457 g/mol. The number of aromatic nitrogens is 7. The molecule has 0 saturated carbocycles. The highest BCUT2D eigenvalue weighted by Gasteiger charge is 2.35. The van der Waals surface area contributed by atoms with Crippen molar-refractivity contribution in [3.63, 3.8) is 0 Å². The average Bonchev–Trinajstić information content (AvgIpc) is 3.40. The van der Waals surface area contributed by atoms with E-state index in [0.717, 1.165) is 15.6 Å². The summed E-state index contributed by atoms with van der Waals surface area (Å²) in [4.78, 5) is 0.965. The quantitative estimate of drug-likeness (QED) is 0.411. The molecule has 0 fully saturated rings. The summed E-state index contributed by atoms with van der Waals surface area (Å²) in [5, 5.41) is 22.0. The van der Waals surface area contributed by atoms with Gasteiger partial charge in [-0.25, -0.2) is 0 Å². The van der Waals surface area contributed by atoms with Crippen LogP contribution in [0.3, 0.4) is 0 Å². The van der Waals surface area contributed by atoms with Crippen molar-refractivity contribution in [1.82, 2.24) is 35.0 Å². The van der Waals surface area contributed by atoms with Gasteiger partial charge in [0.2, 0.25) is 0 Å². The maximum atomic E-state index is 13.4. The van der Waals surface area contributed by atoms with E-state index in [-0.39, 0.29) is 22.3 Å². The number of alkyl halides is 3. The fraction of sp³-hybridized carbons (Fsp3) is 0.188. The van der Waals surface area contributed by atoms with E-state index in [2.05, 4.69) is 25.7 Å². The zero-order valence-corrected chi connectivity index (χ0v) is 17.0. The molecule has 3 aromatic heterocycles. The number of benzene rings is 1. The van der Waals surface area contributed by atoms with Gasteiger partial charge in [0.05, 0.1) is 21.9 Å². The van der Waals surface area contributed by atoms with Gasteiger partial charge in [0.15, 0.2) is 16.8 Å². The zero-order valence-electron chi connectivity index (χ0n) is 14.6. The molecule has 13 heteroatoms. The highest BCUT2D eigenvalue weighted by Crippen LogP contribution is 2.36. The Morgan fingerprint density at radius 1 is 1.17 bits per heavy atom. The number of rotatable bonds is 5. The lowest BCUT2D eigenvalue weighted by Gasteiger charge is -2.13. The molecular weight excluding hydrogens is 447 g/mol. The van der Waals surface area contributed by atoms with Gasteiger partial charge < -0.3 is 4.57 Å². The molecule has 0 bridgehead atoms. The van der Waals surface area contributed by atoms with Crippen LogP contribution in [0.1, 0.15) is 11.4 Å². The largest absolute Gasteiger partial charge is 0.418 e. The molecule has 4 aromatic rings. The minimum absolute atomic E-state index is 0.0229. The molecule has 0 N–H and O–H groups in total. The van der Waals surface area contributed by atoms with Crippen LogP contribution in [0.5, 0.6) is 0 Å². The van der Waals surface area contributed by atoms with E-state index in [1.165, 1.54) is 35.2 Å². The molecule has 0 spiro atoms. The van der Waals surface area contributed by atoms with E-state index in [4.69, 9.17) is 11.6 Å². The van der Waals surface area contributed by atoms with Crippen molar-refractivity contribution >= 4 is 34.7 Å². The first-order valence-corrected chi connectivity index (χ1v) is 10.3. The Labute approximate surface area is 175 Å². The van der Waals surface area contributed by atoms with Crippen LogP contribution in [-0.2, 0) is 19.0 Å². The van der Waals surface area contributed by atoms with Crippen LogP contribution in [0, 0.1) is 0 Å². The second kappa shape index (κ2) is 7.76. The van der Waals surface area contributed by atoms with Gasteiger partial charge in [0.1, 0.15) is 0 Å². The zero-order chi connectivity index (χ0) is 20.6. The second-order valence-corrected chi connectivity index (χ2v) is 8.12. The molecule has 29 heavy (non-hydrogen) atoms. The summed E-state index contributed by atoms with van der Waals surface area (Å²) < 4.78 is 43.2. The van der Waals surface area contributed by atoms with Gasteiger partial charge in [-0.3, -0.25) is 0 Å². The summed E-state index contributed by atoms with van der Waals surface area (Å²) in [6.45, 7) is 0. The summed E-state index contributed by atoms with van der Waals surface area (Å²) >= 11 is 8.55. The van der Waals surface area contributed by atoms with Gasteiger partial charge in [-0.05, 0) is 40.1 Å². The van der Waals surface area contributed by atoms with E-state index >= 15 is 0 Å². The maximum Gasteiger partial charge on any atom is 0.418 e. The number of nitrogens with zero attached hydrogens (tertiary/aromatic N) is 7.